The normalized spacial score (nSPS) is 12.5. The number of benzene rings is 1. The summed E-state index contributed by atoms with van der Waals surface area (Å²) in [7, 11) is 0. The van der Waals surface area contributed by atoms with Crippen molar-refractivity contribution in [1.82, 2.24) is 24.4 Å². The number of imidazole rings is 2. The second kappa shape index (κ2) is 6.58. The molecular weight excluding hydrogens is 274 g/mol. The van der Waals surface area contributed by atoms with E-state index < -0.39 is 0 Å². The van der Waals surface area contributed by atoms with Gasteiger partial charge in [0, 0.05) is 43.9 Å². The van der Waals surface area contributed by atoms with E-state index in [-0.39, 0.29) is 0 Å². The molecule has 2 aromatic heterocycles. The summed E-state index contributed by atoms with van der Waals surface area (Å²) in [6.45, 7) is 5.94. The van der Waals surface area contributed by atoms with Crippen molar-refractivity contribution in [3.05, 3.63) is 66.8 Å². The van der Waals surface area contributed by atoms with Gasteiger partial charge in [-0.2, -0.15) is 0 Å². The molecule has 114 valence electrons. The molecule has 0 spiro atoms. The van der Waals surface area contributed by atoms with Gasteiger partial charge in [-0.15, -0.1) is 0 Å². The van der Waals surface area contributed by atoms with Crippen molar-refractivity contribution in [2.24, 2.45) is 0 Å². The highest BCUT2D eigenvalue weighted by Gasteiger charge is 2.08. The Kier molecular flexibility index (Phi) is 4.34. The molecule has 0 aliphatic rings. The first-order chi connectivity index (χ1) is 10.7. The standard InChI is InChI=1S/C17H21N5/c1-14(12-21-9-7-18-13-21)20-11-16-5-3-4-6-17(16)22-10-8-19-15(22)2/h3-10,13-14,20H,11-12H2,1-2H3. The van der Waals surface area contributed by atoms with E-state index in [4.69, 9.17) is 0 Å². The van der Waals surface area contributed by atoms with Gasteiger partial charge in [0.25, 0.3) is 0 Å². The maximum atomic E-state index is 4.31. The molecule has 0 aliphatic heterocycles. The number of aryl methyl sites for hydroxylation is 1. The predicted octanol–water partition coefficient (Wildman–Crippen LogP) is 2.56. The largest absolute Gasteiger partial charge is 0.336 e. The first kappa shape index (κ1) is 14.5. The Hall–Kier alpha value is -2.40. The Labute approximate surface area is 130 Å². The molecule has 5 heteroatoms. The summed E-state index contributed by atoms with van der Waals surface area (Å²) in [5, 5.41) is 3.58. The zero-order chi connectivity index (χ0) is 15.4. The number of hydrogen-bond acceptors (Lipinski definition) is 3. The summed E-state index contributed by atoms with van der Waals surface area (Å²) in [5.41, 5.74) is 2.45. The third-order valence-corrected chi connectivity index (χ3v) is 3.76. The fourth-order valence-electron chi connectivity index (χ4n) is 2.59. The van der Waals surface area contributed by atoms with Crippen LogP contribution in [-0.2, 0) is 13.1 Å². The summed E-state index contributed by atoms with van der Waals surface area (Å²) < 4.78 is 4.21. The van der Waals surface area contributed by atoms with E-state index in [2.05, 4.69) is 55.6 Å². The minimum atomic E-state index is 0.367. The highest BCUT2D eigenvalue weighted by molar-refractivity contribution is 5.41. The van der Waals surface area contributed by atoms with Gasteiger partial charge in [0.2, 0.25) is 0 Å². The Balaban J connectivity index is 1.69. The quantitative estimate of drug-likeness (QED) is 0.760. The molecule has 0 aliphatic carbocycles. The highest BCUT2D eigenvalue weighted by Crippen LogP contribution is 2.16. The molecule has 0 radical (unpaired) electrons. The van der Waals surface area contributed by atoms with Gasteiger partial charge in [-0.1, -0.05) is 18.2 Å². The van der Waals surface area contributed by atoms with Gasteiger partial charge in [0.05, 0.1) is 12.0 Å². The number of nitrogens with zero attached hydrogens (tertiary/aromatic N) is 4. The lowest BCUT2D eigenvalue weighted by Gasteiger charge is -2.17. The van der Waals surface area contributed by atoms with Gasteiger partial charge in [0.1, 0.15) is 5.82 Å². The monoisotopic (exact) mass is 295 g/mol. The van der Waals surface area contributed by atoms with E-state index in [1.54, 1.807) is 0 Å². The molecule has 0 saturated carbocycles. The molecule has 3 aromatic rings. The molecule has 1 N–H and O–H groups in total. The maximum absolute atomic E-state index is 4.31. The van der Waals surface area contributed by atoms with Crippen LogP contribution in [0.5, 0.6) is 0 Å². The molecule has 1 aromatic carbocycles. The van der Waals surface area contributed by atoms with Crippen molar-refractivity contribution in [1.29, 1.82) is 0 Å². The van der Waals surface area contributed by atoms with Crippen LogP contribution in [0.4, 0.5) is 0 Å². The number of rotatable bonds is 6. The lowest BCUT2D eigenvalue weighted by Crippen LogP contribution is -2.30. The third-order valence-electron chi connectivity index (χ3n) is 3.76. The van der Waals surface area contributed by atoms with E-state index >= 15 is 0 Å². The van der Waals surface area contributed by atoms with E-state index in [1.807, 2.05) is 38.0 Å². The molecule has 3 rings (SSSR count). The average molecular weight is 295 g/mol. The zero-order valence-electron chi connectivity index (χ0n) is 13.0. The van der Waals surface area contributed by atoms with Gasteiger partial charge < -0.3 is 14.5 Å². The van der Waals surface area contributed by atoms with Crippen LogP contribution in [0.25, 0.3) is 5.69 Å². The smallest absolute Gasteiger partial charge is 0.110 e. The molecule has 1 unspecified atom stereocenters. The first-order valence-corrected chi connectivity index (χ1v) is 7.51. The average Bonchev–Trinajstić information content (AvgIpc) is 3.17. The van der Waals surface area contributed by atoms with Crippen LogP contribution in [0.1, 0.15) is 18.3 Å². The van der Waals surface area contributed by atoms with Crippen molar-refractivity contribution in [3.8, 4) is 5.69 Å². The predicted molar refractivity (Wildman–Crippen MR) is 86.8 cm³/mol. The summed E-state index contributed by atoms with van der Waals surface area (Å²) in [5.74, 6) is 0.999. The van der Waals surface area contributed by atoms with Crippen molar-refractivity contribution < 1.29 is 0 Å². The van der Waals surface area contributed by atoms with Crippen LogP contribution in [0.3, 0.4) is 0 Å². The third kappa shape index (κ3) is 3.26. The molecule has 2 heterocycles. The topological polar surface area (TPSA) is 47.7 Å². The van der Waals surface area contributed by atoms with Crippen LogP contribution >= 0.6 is 0 Å². The first-order valence-electron chi connectivity index (χ1n) is 7.51. The Morgan fingerprint density at radius 1 is 1.18 bits per heavy atom. The molecule has 22 heavy (non-hydrogen) atoms. The van der Waals surface area contributed by atoms with E-state index in [1.165, 1.54) is 11.3 Å². The molecule has 0 bridgehead atoms. The number of para-hydroxylation sites is 1. The van der Waals surface area contributed by atoms with Gasteiger partial charge in [-0.05, 0) is 25.5 Å². The fourth-order valence-corrected chi connectivity index (χ4v) is 2.59. The maximum Gasteiger partial charge on any atom is 0.110 e. The van der Waals surface area contributed by atoms with Crippen LogP contribution < -0.4 is 5.32 Å². The SMILES string of the molecule is Cc1nccn1-c1ccccc1CNC(C)Cn1ccnc1. The van der Waals surface area contributed by atoms with Crippen LogP contribution in [0.2, 0.25) is 0 Å². The van der Waals surface area contributed by atoms with Crippen molar-refractivity contribution >= 4 is 0 Å². The van der Waals surface area contributed by atoms with Gasteiger partial charge in [0.15, 0.2) is 0 Å². The Bertz CT molecular complexity index is 714. The Morgan fingerprint density at radius 2 is 2.05 bits per heavy atom. The lowest BCUT2D eigenvalue weighted by atomic mass is 10.1. The van der Waals surface area contributed by atoms with Crippen LogP contribution in [-0.4, -0.2) is 25.1 Å². The van der Waals surface area contributed by atoms with Crippen molar-refractivity contribution in [2.45, 2.75) is 33.0 Å². The molecule has 1 atom stereocenters. The molecule has 0 amide bonds. The summed E-state index contributed by atoms with van der Waals surface area (Å²) in [6.07, 6.45) is 9.48. The minimum Gasteiger partial charge on any atom is -0.336 e. The van der Waals surface area contributed by atoms with Gasteiger partial charge >= 0.3 is 0 Å². The molecule has 0 saturated heterocycles. The van der Waals surface area contributed by atoms with Crippen molar-refractivity contribution in [2.75, 3.05) is 0 Å². The van der Waals surface area contributed by atoms with Gasteiger partial charge in [-0.3, -0.25) is 0 Å². The summed E-state index contributed by atoms with van der Waals surface area (Å²) in [4.78, 5) is 8.39. The summed E-state index contributed by atoms with van der Waals surface area (Å²) in [6, 6.07) is 8.80. The van der Waals surface area contributed by atoms with E-state index in [0.717, 1.165) is 18.9 Å². The second-order valence-electron chi connectivity index (χ2n) is 5.51. The van der Waals surface area contributed by atoms with Crippen LogP contribution in [0, 0.1) is 6.92 Å². The Morgan fingerprint density at radius 3 is 2.77 bits per heavy atom. The molecular formula is C17H21N5. The summed E-state index contributed by atoms with van der Waals surface area (Å²) >= 11 is 0. The number of hydrogen-bond donors (Lipinski definition) is 1. The highest BCUT2D eigenvalue weighted by atomic mass is 15.1. The lowest BCUT2D eigenvalue weighted by molar-refractivity contribution is 0.475. The van der Waals surface area contributed by atoms with Crippen LogP contribution in [0.15, 0.2) is 55.4 Å². The molecule has 5 nitrogen and oxygen atoms in total. The number of aromatic nitrogens is 4. The number of nitrogens with one attached hydrogen (secondary N) is 1. The zero-order valence-corrected chi connectivity index (χ0v) is 13.0. The van der Waals surface area contributed by atoms with Crippen molar-refractivity contribution in [3.63, 3.8) is 0 Å². The fraction of sp³-hybridized carbons (Fsp3) is 0.294. The molecule has 0 fully saturated rings. The van der Waals surface area contributed by atoms with E-state index in [9.17, 15) is 0 Å². The van der Waals surface area contributed by atoms with Gasteiger partial charge in [-0.25, -0.2) is 9.97 Å². The second-order valence-corrected chi connectivity index (χ2v) is 5.51. The minimum absolute atomic E-state index is 0.367. The van der Waals surface area contributed by atoms with E-state index in [0.29, 0.717) is 6.04 Å².